The molecule has 118 valence electrons. The molecule has 0 radical (unpaired) electrons. The minimum atomic E-state index is 0.398. The number of hydrogen-bond acceptors (Lipinski definition) is 3. The molecule has 0 saturated carbocycles. The highest BCUT2D eigenvalue weighted by molar-refractivity contribution is 6.32. The second kappa shape index (κ2) is 8.47. The molecule has 0 aliphatic carbocycles. The summed E-state index contributed by atoms with van der Waals surface area (Å²) in [6, 6.07) is 3.98. The van der Waals surface area contributed by atoms with Crippen LogP contribution in [0.1, 0.15) is 32.3 Å². The molecule has 2 rings (SSSR count). The molecular weight excluding hydrogens is 290 g/mol. The van der Waals surface area contributed by atoms with E-state index in [0.717, 1.165) is 31.0 Å². The first-order valence-corrected chi connectivity index (χ1v) is 8.13. The van der Waals surface area contributed by atoms with Crippen molar-refractivity contribution in [2.24, 2.45) is 0 Å². The van der Waals surface area contributed by atoms with E-state index in [1.54, 1.807) is 0 Å². The standard InChI is InChI=1S/C16H24ClNO3/c1-3-19-15-9-12(8-14(17)16(15)20-4-2)10-18-11-13-6-5-7-21-13/h8-9,13,18H,3-7,10-11H2,1-2H3/p+1/t13-/m0/s1. The van der Waals surface area contributed by atoms with Gasteiger partial charge in [0, 0.05) is 12.2 Å². The molecule has 1 saturated heterocycles. The predicted molar refractivity (Wildman–Crippen MR) is 83.3 cm³/mol. The number of halogens is 1. The van der Waals surface area contributed by atoms with Crippen LogP contribution < -0.4 is 14.8 Å². The summed E-state index contributed by atoms with van der Waals surface area (Å²) in [5.74, 6) is 1.37. The van der Waals surface area contributed by atoms with Crippen molar-refractivity contribution >= 4 is 11.6 Å². The lowest BCUT2D eigenvalue weighted by molar-refractivity contribution is -0.676. The Hall–Kier alpha value is -0.970. The first kappa shape index (κ1) is 16.4. The molecule has 2 N–H and O–H groups in total. The van der Waals surface area contributed by atoms with E-state index in [1.165, 1.54) is 12.8 Å². The van der Waals surface area contributed by atoms with Crippen molar-refractivity contribution in [1.29, 1.82) is 0 Å². The van der Waals surface area contributed by atoms with Crippen LogP contribution in [0.15, 0.2) is 12.1 Å². The molecule has 0 amide bonds. The van der Waals surface area contributed by atoms with Crippen LogP contribution in [0.5, 0.6) is 11.5 Å². The molecule has 4 nitrogen and oxygen atoms in total. The van der Waals surface area contributed by atoms with E-state index in [0.29, 0.717) is 30.1 Å². The summed E-state index contributed by atoms with van der Waals surface area (Å²) in [7, 11) is 0. The minimum Gasteiger partial charge on any atom is -0.490 e. The molecule has 21 heavy (non-hydrogen) atoms. The van der Waals surface area contributed by atoms with Crippen molar-refractivity contribution in [2.45, 2.75) is 39.3 Å². The Morgan fingerprint density at radius 2 is 2.10 bits per heavy atom. The Morgan fingerprint density at radius 1 is 1.29 bits per heavy atom. The number of benzene rings is 1. The average Bonchev–Trinajstić information content (AvgIpc) is 2.96. The van der Waals surface area contributed by atoms with Gasteiger partial charge in [0.15, 0.2) is 11.5 Å². The normalized spacial score (nSPS) is 18.0. The van der Waals surface area contributed by atoms with E-state index >= 15 is 0 Å². The third-order valence-corrected chi connectivity index (χ3v) is 3.77. The lowest BCUT2D eigenvalue weighted by atomic mass is 10.2. The Labute approximate surface area is 131 Å². The second-order valence-corrected chi connectivity index (χ2v) is 5.54. The molecule has 1 aliphatic heterocycles. The molecule has 1 atom stereocenters. The van der Waals surface area contributed by atoms with E-state index < -0.39 is 0 Å². The maximum absolute atomic E-state index is 6.31. The van der Waals surface area contributed by atoms with E-state index in [2.05, 4.69) is 5.32 Å². The van der Waals surface area contributed by atoms with Crippen molar-refractivity contribution < 1.29 is 19.5 Å². The molecule has 0 bridgehead atoms. The van der Waals surface area contributed by atoms with E-state index in [1.807, 2.05) is 26.0 Å². The molecule has 0 unspecified atom stereocenters. The minimum absolute atomic E-state index is 0.398. The quantitative estimate of drug-likeness (QED) is 0.801. The molecule has 1 aliphatic rings. The molecule has 1 aromatic carbocycles. The van der Waals surface area contributed by atoms with Crippen LogP contribution in [0.2, 0.25) is 5.02 Å². The van der Waals surface area contributed by atoms with Crippen molar-refractivity contribution in [3.8, 4) is 11.5 Å². The zero-order chi connectivity index (χ0) is 15.1. The van der Waals surface area contributed by atoms with Gasteiger partial charge in [-0.25, -0.2) is 0 Å². The van der Waals surface area contributed by atoms with Crippen LogP contribution in [0.3, 0.4) is 0 Å². The topological polar surface area (TPSA) is 44.3 Å². The van der Waals surface area contributed by atoms with Crippen molar-refractivity contribution in [3.05, 3.63) is 22.7 Å². The molecule has 5 heteroatoms. The fourth-order valence-corrected chi connectivity index (χ4v) is 2.84. The smallest absolute Gasteiger partial charge is 0.179 e. The number of hydrogen-bond donors (Lipinski definition) is 1. The highest BCUT2D eigenvalue weighted by Crippen LogP contribution is 2.36. The van der Waals surface area contributed by atoms with Crippen LogP contribution in [-0.2, 0) is 11.3 Å². The van der Waals surface area contributed by atoms with Crippen LogP contribution in [0, 0.1) is 0 Å². The van der Waals surface area contributed by atoms with Crippen LogP contribution >= 0.6 is 11.6 Å². The molecule has 1 fully saturated rings. The molecule has 1 aromatic rings. The van der Waals surface area contributed by atoms with Gasteiger partial charge in [0.2, 0.25) is 0 Å². The largest absolute Gasteiger partial charge is 0.490 e. The first-order valence-electron chi connectivity index (χ1n) is 7.75. The fourth-order valence-electron chi connectivity index (χ4n) is 2.55. The lowest BCUT2D eigenvalue weighted by Crippen LogP contribution is -2.84. The Balaban J connectivity index is 1.98. The third kappa shape index (κ3) is 4.77. The Morgan fingerprint density at radius 3 is 2.76 bits per heavy atom. The highest BCUT2D eigenvalue weighted by atomic mass is 35.5. The van der Waals surface area contributed by atoms with Crippen LogP contribution in [-0.4, -0.2) is 32.5 Å². The molecule has 1 heterocycles. The third-order valence-electron chi connectivity index (χ3n) is 3.49. The molecule has 0 spiro atoms. The van der Waals surface area contributed by atoms with E-state index in [9.17, 15) is 0 Å². The monoisotopic (exact) mass is 314 g/mol. The number of nitrogens with two attached hydrogens (primary N) is 1. The van der Waals surface area contributed by atoms with Gasteiger partial charge in [-0.3, -0.25) is 0 Å². The van der Waals surface area contributed by atoms with Gasteiger partial charge in [-0.2, -0.15) is 0 Å². The number of ether oxygens (including phenoxy) is 3. The summed E-state index contributed by atoms with van der Waals surface area (Å²) >= 11 is 6.31. The number of quaternary nitrogens is 1. The number of rotatable bonds is 8. The second-order valence-electron chi connectivity index (χ2n) is 5.13. The summed E-state index contributed by atoms with van der Waals surface area (Å²) in [6.07, 6.45) is 2.75. The Bertz CT molecular complexity index is 447. The molecular formula is C16H25ClNO3+. The first-order chi connectivity index (χ1) is 10.2. The van der Waals surface area contributed by atoms with Gasteiger partial charge in [-0.15, -0.1) is 0 Å². The fraction of sp³-hybridized carbons (Fsp3) is 0.625. The van der Waals surface area contributed by atoms with Crippen molar-refractivity contribution in [2.75, 3.05) is 26.4 Å². The van der Waals surface area contributed by atoms with Crippen molar-refractivity contribution in [3.63, 3.8) is 0 Å². The SMILES string of the molecule is CCOc1cc(C[NH2+]C[C@@H]2CCCO2)cc(Cl)c1OCC. The predicted octanol–water partition coefficient (Wildman–Crippen LogP) is 2.38. The highest BCUT2D eigenvalue weighted by Gasteiger charge is 2.17. The van der Waals surface area contributed by atoms with Gasteiger partial charge < -0.3 is 19.5 Å². The summed E-state index contributed by atoms with van der Waals surface area (Å²) < 4.78 is 16.8. The summed E-state index contributed by atoms with van der Waals surface area (Å²) in [4.78, 5) is 0. The van der Waals surface area contributed by atoms with Gasteiger partial charge in [0.05, 0.1) is 18.2 Å². The van der Waals surface area contributed by atoms with E-state index in [-0.39, 0.29) is 0 Å². The lowest BCUT2D eigenvalue weighted by Gasteiger charge is -2.14. The van der Waals surface area contributed by atoms with Gasteiger partial charge in [0.25, 0.3) is 0 Å². The summed E-state index contributed by atoms with van der Waals surface area (Å²) in [5.41, 5.74) is 1.14. The molecule has 0 aromatic heterocycles. The average molecular weight is 315 g/mol. The summed E-state index contributed by atoms with van der Waals surface area (Å²) in [5, 5.41) is 2.88. The maximum Gasteiger partial charge on any atom is 0.179 e. The van der Waals surface area contributed by atoms with Gasteiger partial charge >= 0.3 is 0 Å². The zero-order valence-corrected chi connectivity index (χ0v) is 13.6. The van der Waals surface area contributed by atoms with E-state index in [4.69, 9.17) is 25.8 Å². The Kier molecular flexibility index (Phi) is 6.61. The van der Waals surface area contributed by atoms with Gasteiger partial charge in [0.1, 0.15) is 19.2 Å². The van der Waals surface area contributed by atoms with Gasteiger partial charge in [-0.1, -0.05) is 11.6 Å². The van der Waals surface area contributed by atoms with Crippen molar-refractivity contribution in [1.82, 2.24) is 0 Å². The maximum atomic E-state index is 6.31. The van der Waals surface area contributed by atoms with Crippen LogP contribution in [0.25, 0.3) is 0 Å². The summed E-state index contributed by atoms with van der Waals surface area (Å²) in [6.45, 7) is 7.84. The van der Waals surface area contributed by atoms with Crippen LogP contribution in [0.4, 0.5) is 0 Å². The van der Waals surface area contributed by atoms with Gasteiger partial charge in [-0.05, 0) is 38.8 Å². The zero-order valence-electron chi connectivity index (χ0n) is 12.9.